The normalized spacial score (nSPS) is 11.2. The molecule has 0 unspecified atom stereocenters. The van der Waals surface area contributed by atoms with Crippen molar-refractivity contribution in [2.45, 2.75) is 31.1 Å². The number of rotatable bonds is 9. The van der Waals surface area contributed by atoms with Gasteiger partial charge < -0.3 is 14.8 Å². The Morgan fingerprint density at radius 1 is 1.24 bits per heavy atom. The molecule has 0 spiro atoms. The molecule has 0 saturated carbocycles. The summed E-state index contributed by atoms with van der Waals surface area (Å²) in [5, 5.41) is 2.50. The number of hydrogen-bond acceptors (Lipinski definition) is 6. The van der Waals surface area contributed by atoms with E-state index < -0.39 is 28.5 Å². The Morgan fingerprint density at radius 3 is 2.48 bits per heavy atom. The van der Waals surface area contributed by atoms with Crippen molar-refractivity contribution in [1.29, 1.82) is 0 Å². The van der Waals surface area contributed by atoms with Crippen molar-refractivity contribution in [3.8, 4) is 5.75 Å². The first kappa shape index (κ1) is 20.9. The Balaban J connectivity index is 2.83. The minimum atomic E-state index is -3.74. The van der Waals surface area contributed by atoms with Crippen molar-refractivity contribution >= 4 is 27.6 Å². The fraction of sp³-hybridized carbons (Fsp3) is 0.500. The number of esters is 1. The zero-order valence-corrected chi connectivity index (χ0v) is 15.7. The summed E-state index contributed by atoms with van der Waals surface area (Å²) < 4.78 is 35.6. The Kier molecular flexibility index (Phi) is 7.85. The van der Waals surface area contributed by atoms with Crippen molar-refractivity contribution in [3.05, 3.63) is 18.2 Å². The van der Waals surface area contributed by atoms with Crippen LogP contribution in [0.5, 0.6) is 5.75 Å². The quantitative estimate of drug-likeness (QED) is 0.661. The fourth-order valence-corrected chi connectivity index (χ4v) is 2.96. The minimum absolute atomic E-state index is 0.0715. The molecule has 0 saturated heterocycles. The highest BCUT2D eigenvalue weighted by atomic mass is 32.2. The van der Waals surface area contributed by atoms with Gasteiger partial charge in [0.25, 0.3) is 5.91 Å². The Hall–Kier alpha value is -2.13. The maximum Gasteiger partial charge on any atom is 0.306 e. The number of carbonyl (C=O) groups excluding carboxylic acids is 2. The molecule has 0 bridgehead atoms. The second kappa shape index (κ2) is 9.38. The largest absolute Gasteiger partial charge is 0.495 e. The number of nitrogens with zero attached hydrogens (tertiary/aromatic N) is 1. The molecule has 0 aliphatic heterocycles. The van der Waals surface area contributed by atoms with Gasteiger partial charge in [-0.15, -0.1) is 0 Å². The van der Waals surface area contributed by atoms with Gasteiger partial charge in [-0.25, -0.2) is 12.7 Å². The third-order valence-electron chi connectivity index (χ3n) is 3.30. The molecule has 0 aliphatic rings. The van der Waals surface area contributed by atoms with Crippen molar-refractivity contribution in [2.75, 3.05) is 33.1 Å². The van der Waals surface area contributed by atoms with Crippen molar-refractivity contribution in [3.63, 3.8) is 0 Å². The van der Waals surface area contributed by atoms with Crippen molar-refractivity contribution in [1.82, 2.24) is 4.31 Å². The summed E-state index contributed by atoms with van der Waals surface area (Å²) in [4.78, 5) is 23.2. The van der Waals surface area contributed by atoms with E-state index in [1.54, 1.807) is 0 Å². The van der Waals surface area contributed by atoms with E-state index in [0.717, 1.165) is 10.7 Å². The van der Waals surface area contributed by atoms with Gasteiger partial charge in [0.05, 0.1) is 7.11 Å². The van der Waals surface area contributed by atoms with Crippen LogP contribution in [0.2, 0.25) is 0 Å². The van der Waals surface area contributed by atoms with Gasteiger partial charge in [-0.2, -0.15) is 0 Å². The summed E-state index contributed by atoms with van der Waals surface area (Å²) >= 11 is 0. The average Bonchev–Trinajstić information content (AvgIpc) is 2.57. The van der Waals surface area contributed by atoms with Crippen LogP contribution in [0.25, 0.3) is 0 Å². The van der Waals surface area contributed by atoms with Gasteiger partial charge in [0.2, 0.25) is 10.0 Å². The Bertz CT molecular complexity index is 715. The summed E-state index contributed by atoms with van der Waals surface area (Å²) in [5.41, 5.74) is 0.260. The molecule has 1 amide bonds. The summed E-state index contributed by atoms with van der Waals surface area (Å²) in [6, 6.07) is 4.24. The molecule has 1 N–H and O–H groups in total. The maximum atomic E-state index is 12.3. The lowest BCUT2D eigenvalue weighted by atomic mass is 10.2. The van der Waals surface area contributed by atoms with Gasteiger partial charge in [0.15, 0.2) is 6.61 Å². The molecule has 0 aromatic heterocycles. The summed E-state index contributed by atoms with van der Waals surface area (Å²) in [6.07, 6.45) is 1.82. The van der Waals surface area contributed by atoms with E-state index >= 15 is 0 Å². The van der Waals surface area contributed by atoms with Crippen LogP contribution in [0.15, 0.2) is 23.1 Å². The smallest absolute Gasteiger partial charge is 0.306 e. The van der Waals surface area contributed by atoms with Crippen LogP contribution in [0.4, 0.5) is 5.69 Å². The lowest BCUT2D eigenvalue weighted by Gasteiger charge is -2.16. The van der Waals surface area contributed by atoms with Crippen LogP contribution in [-0.2, 0) is 24.3 Å². The standard InChI is InChI=1S/C16H24N2O6S/c1-5-6-7-16(20)24-11-15(19)17-12-8-9-13(23-4)14(10-12)25(21,22)18(2)3/h8-10H,5-7,11H2,1-4H3,(H,17,19). The first-order chi connectivity index (χ1) is 11.7. The Labute approximate surface area is 148 Å². The summed E-state index contributed by atoms with van der Waals surface area (Å²) in [7, 11) is 0.414. The summed E-state index contributed by atoms with van der Waals surface area (Å²) in [6.45, 7) is 1.52. The highest BCUT2D eigenvalue weighted by Gasteiger charge is 2.23. The molecule has 0 atom stereocenters. The van der Waals surface area contributed by atoms with Crippen LogP contribution in [0.1, 0.15) is 26.2 Å². The fourth-order valence-electron chi connectivity index (χ4n) is 1.89. The molecule has 25 heavy (non-hydrogen) atoms. The number of methoxy groups -OCH3 is 1. The molecule has 0 aliphatic carbocycles. The molecule has 9 heteroatoms. The highest BCUT2D eigenvalue weighted by Crippen LogP contribution is 2.28. The van der Waals surface area contributed by atoms with Gasteiger partial charge in [-0.05, 0) is 24.6 Å². The number of hydrogen-bond donors (Lipinski definition) is 1. The molecular formula is C16H24N2O6S. The molecule has 0 heterocycles. The molecular weight excluding hydrogens is 348 g/mol. The van der Waals surface area contributed by atoms with Gasteiger partial charge in [0.1, 0.15) is 10.6 Å². The number of ether oxygens (including phenoxy) is 2. The van der Waals surface area contributed by atoms with Gasteiger partial charge in [-0.3, -0.25) is 9.59 Å². The van der Waals surface area contributed by atoms with E-state index in [0.29, 0.717) is 6.42 Å². The van der Waals surface area contributed by atoms with E-state index in [-0.39, 0.29) is 22.8 Å². The minimum Gasteiger partial charge on any atom is -0.495 e. The maximum absolute atomic E-state index is 12.3. The number of nitrogens with one attached hydrogen (secondary N) is 1. The van der Waals surface area contributed by atoms with Crippen LogP contribution < -0.4 is 10.1 Å². The van der Waals surface area contributed by atoms with Gasteiger partial charge in [-0.1, -0.05) is 13.3 Å². The third kappa shape index (κ3) is 6.02. The number of anilines is 1. The lowest BCUT2D eigenvalue weighted by Crippen LogP contribution is -2.24. The molecule has 140 valence electrons. The second-order valence-corrected chi connectivity index (χ2v) is 7.59. The SMILES string of the molecule is CCCCC(=O)OCC(=O)Nc1ccc(OC)c(S(=O)(=O)N(C)C)c1. The van der Waals surface area contributed by atoms with E-state index in [9.17, 15) is 18.0 Å². The predicted molar refractivity (Wildman–Crippen MR) is 93.0 cm³/mol. The average molecular weight is 372 g/mol. The zero-order chi connectivity index (χ0) is 19.0. The number of benzene rings is 1. The van der Waals surface area contributed by atoms with E-state index in [1.165, 1.54) is 39.4 Å². The van der Waals surface area contributed by atoms with Crippen LogP contribution in [0.3, 0.4) is 0 Å². The van der Waals surface area contributed by atoms with Gasteiger partial charge >= 0.3 is 5.97 Å². The Morgan fingerprint density at radius 2 is 1.92 bits per heavy atom. The van der Waals surface area contributed by atoms with E-state index in [4.69, 9.17) is 9.47 Å². The van der Waals surface area contributed by atoms with Crippen LogP contribution in [0, 0.1) is 0 Å². The second-order valence-electron chi connectivity index (χ2n) is 5.47. The lowest BCUT2D eigenvalue weighted by molar-refractivity contribution is -0.147. The van der Waals surface area contributed by atoms with Crippen LogP contribution in [-0.4, -0.2) is 52.4 Å². The van der Waals surface area contributed by atoms with Crippen molar-refractivity contribution < 1.29 is 27.5 Å². The topological polar surface area (TPSA) is 102 Å². The number of amides is 1. The van der Waals surface area contributed by atoms with E-state index in [1.807, 2.05) is 6.92 Å². The predicted octanol–water partition coefficient (Wildman–Crippen LogP) is 1.62. The molecule has 0 fully saturated rings. The monoisotopic (exact) mass is 372 g/mol. The van der Waals surface area contributed by atoms with E-state index in [2.05, 4.69) is 5.32 Å². The first-order valence-corrected chi connectivity index (χ1v) is 9.22. The number of unbranched alkanes of at least 4 members (excludes halogenated alkanes) is 1. The molecule has 0 radical (unpaired) electrons. The number of sulfonamides is 1. The molecule has 1 rings (SSSR count). The molecule has 8 nitrogen and oxygen atoms in total. The molecule has 1 aromatic carbocycles. The molecule has 1 aromatic rings. The van der Waals surface area contributed by atoms with Gasteiger partial charge in [0, 0.05) is 26.2 Å². The van der Waals surface area contributed by atoms with Crippen LogP contribution >= 0.6 is 0 Å². The third-order valence-corrected chi connectivity index (χ3v) is 5.14. The van der Waals surface area contributed by atoms with Crippen molar-refractivity contribution in [2.24, 2.45) is 0 Å². The highest BCUT2D eigenvalue weighted by molar-refractivity contribution is 7.89. The first-order valence-electron chi connectivity index (χ1n) is 7.78. The number of carbonyl (C=O) groups is 2. The zero-order valence-electron chi connectivity index (χ0n) is 14.9. The summed E-state index contributed by atoms with van der Waals surface area (Å²) in [5.74, 6) is -0.830.